The molecule has 1 unspecified atom stereocenters. The van der Waals surface area contributed by atoms with Crippen LogP contribution in [0.3, 0.4) is 0 Å². The normalized spacial score (nSPS) is 53.6. The van der Waals surface area contributed by atoms with Gasteiger partial charge in [-0.3, -0.25) is 0 Å². The first-order valence-electron chi connectivity index (χ1n) is 8.85. The summed E-state index contributed by atoms with van der Waals surface area (Å²) in [5.74, 6) is 8.69. The van der Waals surface area contributed by atoms with Crippen LogP contribution < -0.4 is 0 Å². The van der Waals surface area contributed by atoms with Crippen LogP contribution in [0.1, 0.15) is 58.3 Å². The Bertz CT molecular complexity index is 453. The Balaban J connectivity index is 1.61. The van der Waals surface area contributed by atoms with Crippen molar-refractivity contribution < 1.29 is 0 Å². The number of rotatable bonds is 0. The lowest BCUT2D eigenvalue weighted by atomic mass is 9.50. The third-order valence-corrected chi connectivity index (χ3v) is 7.73. The van der Waals surface area contributed by atoms with Gasteiger partial charge >= 0.3 is 0 Å². The van der Waals surface area contributed by atoms with Gasteiger partial charge in [0, 0.05) is 5.92 Å². The minimum Gasteiger partial charge on any atom is -0.120 e. The van der Waals surface area contributed by atoms with Gasteiger partial charge in [-0.25, -0.2) is 0 Å². The second kappa shape index (κ2) is 4.66. The van der Waals surface area contributed by atoms with Gasteiger partial charge in [0.2, 0.25) is 0 Å². The Morgan fingerprint density at radius 2 is 1.80 bits per heavy atom. The van der Waals surface area contributed by atoms with Crippen LogP contribution in [0, 0.1) is 53.3 Å². The van der Waals surface area contributed by atoms with Crippen LogP contribution in [0.5, 0.6) is 0 Å². The Labute approximate surface area is 124 Å². The second-order valence-electron chi connectivity index (χ2n) is 8.22. The summed E-state index contributed by atoms with van der Waals surface area (Å²) in [7, 11) is 0. The molecule has 0 heteroatoms. The van der Waals surface area contributed by atoms with Gasteiger partial charge in [0.25, 0.3) is 0 Å². The van der Waals surface area contributed by atoms with E-state index in [2.05, 4.69) is 25.0 Å². The van der Waals surface area contributed by atoms with Gasteiger partial charge in [-0.15, -0.1) is 12.3 Å². The van der Waals surface area contributed by atoms with E-state index in [1.54, 1.807) is 0 Å². The first kappa shape index (κ1) is 13.0. The third-order valence-electron chi connectivity index (χ3n) is 7.73. The van der Waals surface area contributed by atoms with Crippen molar-refractivity contribution in [3.63, 3.8) is 0 Å². The summed E-state index contributed by atoms with van der Waals surface area (Å²) in [4.78, 5) is 0. The number of fused-ring (bicyclic) bond motifs is 5. The van der Waals surface area contributed by atoms with Crippen molar-refractivity contribution in [1.29, 1.82) is 0 Å². The standard InChI is InChI=1S/C20H28/c1-3-15-9-11-19-18-10-8-14-6-4-5-7-16(14)17(18)12-13-20(15,19)2/h1,4-5,14-19H,6-13H2,2H3/t14?,15-,16+,17-,18-,19+,20-/m1/s1. The van der Waals surface area contributed by atoms with Crippen molar-refractivity contribution >= 4 is 0 Å². The maximum atomic E-state index is 5.84. The monoisotopic (exact) mass is 268 g/mol. The van der Waals surface area contributed by atoms with Crippen LogP contribution in [-0.2, 0) is 0 Å². The maximum absolute atomic E-state index is 5.84. The number of terminal acetylenes is 1. The van der Waals surface area contributed by atoms with Gasteiger partial charge in [0.1, 0.15) is 0 Å². The molecule has 0 N–H and O–H groups in total. The zero-order valence-corrected chi connectivity index (χ0v) is 12.9. The number of hydrogen-bond donors (Lipinski definition) is 0. The molecule has 3 fully saturated rings. The van der Waals surface area contributed by atoms with Crippen LogP contribution in [0.15, 0.2) is 12.2 Å². The minimum atomic E-state index is 0.479. The summed E-state index contributed by atoms with van der Waals surface area (Å²) >= 11 is 0. The Hall–Kier alpha value is -0.700. The van der Waals surface area contributed by atoms with Crippen LogP contribution in [0.25, 0.3) is 0 Å². The highest BCUT2D eigenvalue weighted by molar-refractivity contribution is 5.13. The average Bonchev–Trinajstić information content (AvgIpc) is 2.83. The molecule has 4 rings (SSSR count). The molecule has 108 valence electrons. The lowest BCUT2D eigenvalue weighted by Gasteiger charge is -2.54. The highest BCUT2D eigenvalue weighted by Gasteiger charge is 2.56. The predicted molar refractivity (Wildman–Crippen MR) is 84.0 cm³/mol. The smallest absolute Gasteiger partial charge is 0.0256 e. The maximum Gasteiger partial charge on any atom is 0.0256 e. The Kier molecular flexibility index (Phi) is 3.03. The molecule has 0 bridgehead atoms. The van der Waals surface area contributed by atoms with Crippen molar-refractivity contribution in [2.75, 3.05) is 0 Å². The van der Waals surface area contributed by atoms with E-state index in [1.165, 1.54) is 51.4 Å². The molecule has 0 aromatic carbocycles. The van der Waals surface area contributed by atoms with E-state index >= 15 is 0 Å². The average molecular weight is 268 g/mol. The fourth-order valence-electron chi connectivity index (χ4n) is 6.69. The molecule has 7 atom stereocenters. The molecule has 0 heterocycles. The van der Waals surface area contributed by atoms with E-state index in [-0.39, 0.29) is 0 Å². The van der Waals surface area contributed by atoms with Gasteiger partial charge in [0.15, 0.2) is 0 Å². The summed E-state index contributed by atoms with van der Waals surface area (Å²) in [5.41, 5.74) is 0.479. The number of hydrogen-bond acceptors (Lipinski definition) is 0. The lowest BCUT2D eigenvalue weighted by molar-refractivity contribution is -0.0452. The zero-order chi connectivity index (χ0) is 13.7. The topological polar surface area (TPSA) is 0 Å². The summed E-state index contributed by atoms with van der Waals surface area (Å²) in [5, 5.41) is 0. The van der Waals surface area contributed by atoms with Crippen LogP contribution in [-0.4, -0.2) is 0 Å². The van der Waals surface area contributed by atoms with Crippen LogP contribution in [0.4, 0.5) is 0 Å². The van der Waals surface area contributed by atoms with E-state index < -0.39 is 0 Å². The third kappa shape index (κ3) is 1.68. The first-order valence-corrected chi connectivity index (χ1v) is 8.85. The number of allylic oxidation sites excluding steroid dienone is 2. The summed E-state index contributed by atoms with van der Waals surface area (Å²) < 4.78 is 0. The molecule has 0 saturated heterocycles. The van der Waals surface area contributed by atoms with Crippen LogP contribution in [0.2, 0.25) is 0 Å². The fourth-order valence-corrected chi connectivity index (χ4v) is 6.69. The van der Waals surface area contributed by atoms with Gasteiger partial charge in [-0.1, -0.05) is 19.1 Å². The van der Waals surface area contributed by atoms with Gasteiger partial charge < -0.3 is 0 Å². The van der Waals surface area contributed by atoms with Crippen LogP contribution >= 0.6 is 0 Å². The summed E-state index contributed by atoms with van der Waals surface area (Å²) in [6.07, 6.45) is 22.1. The molecule has 0 amide bonds. The second-order valence-corrected chi connectivity index (χ2v) is 8.22. The lowest BCUT2D eigenvalue weighted by Crippen LogP contribution is -2.47. The molecule has 4 aliphatic carbocycles. The molecule has 0 aromatic heterocycles. The van der Waals surface area contributed by atoms with E-state index in [1.807, 2.05) is 0 Å². The summed E-state index contributed by atoms with van der Waals surface area (Å²) in [6.45, 7) is 2.53. The van der Waals surface area contributed by atoms with E-state index in [0.29, 0.717) is 11.3 Å². The van der Waals surface area contributed by atoms with Crippen molar-refractivity contribution in [3.8, 4) is 12.3 Å². The first-order chi connectivity index (χ1) is 9.74. The molecule has 4 aliphatic rings. The Morgan fingerprint density at radius 3 is 2.65 bits per heavy atom. The van der Waals surface area contributed by atoms with Gasteiger partial charge in [-0.2, -0.15) is 0 Å². The Morgan fingerprint density at radius 1 is 0.950 bits per heavy atom. The summed E-state index contributed by atoms with van der Waals surface area (Å²) in [6, 6.07) is 0. The molecule has 0 aliphatic heterocycles. The fraction of sp³-hybridized carbons (Fsp3) is 0.800. The SMILES string of the molecule is C#C[C@@H]1CC[C@H]2[C@@H]3CCC4CC=CC[C@@H]4[C@H]3CC[C@]12C. The molecule has 0 spiro atoms. The molecule has 0 nitrogen and oxygen atoms in total. The van der Waals surface area contributed by atoms with E-state index in [4.69, 9.17) is 6.42 Å². The van der Waals surface area contributed by atoms with Crippen molar-refractivity contribution in [3.05, 3.63) is 12.2 Å². The molecule has 20 heavy (non-hydrogen) atoms. The van der Waals surface area contributed by atoms with Gasteiger partial charge in [0.05, 0.1) is 0 Å². The van der Waals surface area contributed by atoms with E-state index in [0.717, 1.165) is 29.6 Å². The molecular weight excluding hydrogens is 240 g/mol. The van der Waals surface area contributed by atoms with Crippen molar-refractivity contribution in [2.24, 2.45) is 40.9 Å². The van der Waals surface area contributed by atoms with Crippen molar-refractivity contribution in [2.45, 2.75) is 58.3 Å². The highest BCUT2D eigenvalue weighted by atomic mass is 14.6. The molecule has 0 radical (unpaired) electrons. The molecule has 3 saturated carbocycles. The van der Waals surface area contributed by atoms with E-state index in [9.17, 15) is 0 Å². The van der Waals surface area contributed by atoms with Crippen molar-refractivity contribution in [1.82, 2.24) is 0 Å². The largest absolute Gasteiger partial charge is 0.120 e. The molecular formula is C20H28. The zero-order valence-electron chi connectivity index (χ0n) is 12.9. The molecule has 0 aromatic rings. The predicted octanol–water partition coefficient (Wildman–Crippen LogP) is 5.05. The highest BCUT2D eigenvalue weighted by Crippen LogP contribution is 2.63. The quantitative estimate of drug-likeness (QED) is 0.426. The van der Waals surface area contributed by atoms with Gasteiger partial charge in [-0.05, 0) is 86.4 Å². The minimum absolute atomic E-state index is 0.479.